The Bertz CT molecular complexity index is 1110. The van der Waals surface area contributed by atoms with Gasteiger partial charge in [0.05, 0.1) is 46.9 Å². The molecule has 3 aromatic rings. The highest BCUT2D eigenvalue weighted by Crippen LogP contribution is 2.30. The Morgan fingerprint density at radius 3 is 2.41 bits per heavy atom. The molecule has 146 valence electrons. The predicted molar refractivity (Wildman–Crippen MR) is 96.9 cm³/mol. The van der Waals surface area contributed by atoms with Crippen LogP contribution in [0.2, 0.25) is 0 Å². The average molecular weight is 396 g/mol. The van der Waals surface area contributed by atoms with E-state index >= 15 is 0 Å². The molecule has 0 fully saturated rings. The largest absolute Gasteiger partial charge is 0.481 e. The summed E-state index contributed by atoms with van der Waals surface area (Å²) >= 11 is 0. The third-order valence-corrected chi connectivity index (χ3v) is 4.52. The smallest absolute Gasteiger partial charge is 0.309 e. The lowest BCUT2D eigenvalue weighted by atomic mass is 9.99. The number of amides is 1. The number of nitrogens with one attached hydrogen (secondary N) is 1. The topological polar surface area (TPSA) is 105 Å². The van der Waals surface area contributed by atoms with Crippen molar-refractivity contribution in [1.82, 2.24) is 20.5 Å². The molecule has 2 aromatic heterocycles. The number of carboxylic acid groups (broad SMARTS) is 1. The second-order valence-corrected chi connectivity index (χ2v) is 6.53. The number of carboxylic acids is 1. The van der Waals surface area contributed by atoms with Crippen molar-refractivity contribution in [2.75, 3.05) is 0 Å². The number of carbonyl (C=O) groups is 2. The highest BCUT2D eigenvalue weighted by atomic mass is 19.1. The second-order valence-electron chi connectivity index (χ2n) is 6.53. The molecule has 4 rings (SSSR count). The highest BCUT2D eigenvalue weighted by Gasteiger charge is 2.27. The molecule has 2 N–H and O–H groups in total. The molecule has 0 unspecified atom stereocenters. The molecule has 3 heterocycles. The fourth-order valence-corrected chi connectivity index (χ4v) is 3.25. The van der Waals surface area contributed by atoms with Crippen LogP contribution in [0.3, 0.4) is 0 Å². The minimum Gasteiger partial charge on any atom is -0.481 e. The molecule has 0 saturated heterocycles. The SMILES string of the molecule is O=C(O)Cc1ccc(Cc2cc(-c3c(F)cccc3F)nc3c2C(=O)NC3)nn1. The number of halogens is 2. The van der Waals surface area contributed by atoms with Gasteiger partial charge in [0.1, 0.15) is 11.6 Å². The Morgan fingerprint density at radius 2 is 1.76 bits per heavy atom. The summed E-state index contributed by atoms with van der Waals surface area (Å²) in [4.78, 5) is 27.3. The molecule has 7 nitrogen and oxygen atoms in total. The van der Waals surface area contributed by atoms with Crippen molar-refractivity contribution < 1.29 is 23.5 Å². The molecule has 29 heavy (non-hydrogen) atoms. The van der Waals surface area contributed by atoms with E-state index in [4.69, 9.17) is 5.11 Å². The van der Waals surface area contributed by atoms with Crippen LogP contribution in [-0.4, -0.2) is 32.2 Å². The number of rotatable bonds is 5. The Morgan fingerprint density at radius 1 is 1.07 bits per heavy atom. The number of pyridine rings is 1. The van der Waals surface area contributed by atoms with Crippen molar-refractivity contribution in [1.29, 1.82) is 0 Å². The van der Waals surface area contributed by atoms with E-state index in [9.17, 15) is 18.4 Å². The van der Waals surface area contributed by atoms with E-state index in [1.807, 2.05) is 0 Å². The average Bonchev–Trinajstić information content (AvgIpc) is 3.04. The van der Waals surface area contributed by atoms with E-state index in [2.05, 4.69) is 20.5 Å². The van der Waals surface area contributed by atoms with Crippen LogP contribution in [0.25, 0.3) is 11.3 Å². The predicted octanol–water partition coefficient (Wildman–Crippen LogP) is 2.28. The van der Waals surface area contributed by atoms with Gasteiger partial charge in [0.25, 0.3) is 5.91 Å². The number of carbonyl (C=O) groups excluding carboxylic acids is 1. The van der Waals surface area contributed by atoms with E-state index in [0.29, 0.717) is 28.2 Å². The quantitative estimate of drug-likeness (QED) is 0.686. The lowest BCUT2D eigenvalue weighted by molar-refractivity contribution is -0.136. The van der Waals surface area contributed by atoms with Gasteiger partial charge >= 0.3 is 5.97 Å². The zero-order valence-corrected chi connectivity index (χ0v) is 14.9. The first-order valence-corrected chi connectivity index (χ1v) is 8.71. The summed E-state index contributed by atoms with van der Waals surface area (Å²) in [6.45, 7) is 0.161. The first-order valence-electron chi connectivity index (χ1n) is 8.71. The van der Waals surface area contributed by atoms with Crippen LogP contribution >= 0.6 is 0 Å². The fraction of sp³-hybridized carbons (Fsp3) is 0.150. The summed E-state index contributed by atoms with van der Waals surface area (Å²) in [7, 11) is 0. The molecule has 0 spiro atoms. The lowest BCUT2D eigenvalue weighted by Crippen LogP contribution is -2.14. The van der Waals surface area contributed by atoms with Crippen LogP contribution in [0.15, 0.2) is 36.4 Å². The van der Waals surface area contributed by atoms with Crippen molar-refractivity contribution in [2.24, 2.45) is 0 Å². The van der Waals surface area contributed by atoms with Gasteiger partial charge in [-0.3, -0.25) is 9.59 Å². The van der Waals surface area contributed by atoms with E-state index in [1.54, 1.807) is 6.07 Å². The zero-order valence-electron chi connectivity index (χ0n) is 14.9. The van der Waals surface area contributed by atoms with Crippen LogP contribution in [0.4, 0.5) is 8.78 Å². The lowest BCUT2D eigenvalue weighted by Gasteiger charge is -2.11. The molecule has 0 aliphatic carbocycles. The number of aliphatic carboxylic acids is 1. The van der Waals surface area contributed by atoms with Crippen LogP contribution in [0, 0.1) is 11.6 Å². The summed E-state index contributed by atoms with van der Waals surface area (Å²) in [6, 6.07) is 8.16. The molecule has 1 aliphatic heterocycles. The van der Waals surface area contributed by atoms with Crippen LogP contribution in [-0.2, 0) is 24.2 Å². The van der Waals surface area contributed by atoms with Gasteiger partial charge in [0, 0.05) is 6.42 Å². The number of nitrogens with zero attached hydrogens (tertiary/aromatic N) is 3. The van der Waals surface area contributed by atoms with E-state index < -0.39 is 17.6 Å². The standard InChI is InChI=1S/C20H14F2N4O3/c21-13-2-1-3-14(22)19(13)15-7-10(18-16(24-15)9-23-20(18)29)6-11-4-5-12(26-25-11)8-17(27)28/h1-5,7H,6,8-9H2,(H,23,29)(H,27,28). The Hall–Kier alpha value is -3.75. The summed E-state index contributed by atoms with van der Waals surface area (Å²) in [5.74, 6) is -2.84. The maximum Gasteiger partial charge on any atom is 0.309 e. The zero-order chi connectivity index (χ0) is 20.5. The van der Waals surface area contributed by atoms with Gasteiger partial charge in [-0.05, 0) is 35.9 Å². The molecule has 1 amide bonds. The number of hydrogen-bond acceptors (Lipinski definition) is 5. The van der Waals surface area contributed by atoms with Gasteiger partial charge in [-0.25, -0.2) is 13.8 Å². The number of aromatic nitrogens is 3. The summed E-state index contributed by atoms with van der Waals surface area (Å²) in [5.41, 5.74) is 1.85. The van der Waals surface area contributed by atoms with E-state index in [-0.39, 0.29) is 36.6 Å². The van der Waals surface area contributed by atoms with Crippen molar-refractivity contribution >= 4 is 11.9 Å². The summed E-state index contributed by atoms with van der Waals surface area (Å²) in [5, 5.41) is 19.3. The number of fused-ring (bicyclic) bond motifs is 1. The van der Waals surface area contributed by atoms with Crippen LogP contribution in [0.1, 0.15) is 33.0 Å². The Kier molecular flexibility index (Phi) is 4.71. The van der Waals surface area contributed by atoms with Gasteiger partial charge in [-0.2, -0.15) is 10.2 Å². The molecule has 0 radical (unpaired) electrons. The molecular weight excluding hydrogens is 382 g/mol. The normalized spacial score (nSPS) is 12.6. The second kappa shape index (κ2) is 7.34. The molecule has 1 aromatic carbocycles. The van der Waals surface area contributed by atoms with Gasteiger partial charge < -0.3 is 10.4 Å². The molecule has 0 saturated carbocycles. The highest BCUT2D eigenvalue weighted by molar-refractivity contribution is 5.99. The van der Waals surface area contributed by atoms with Gasteiger partial charge in [0.2, 0.25) is 0 Å². The molecular formula is C20H14F2N4O3. The van der Waals surface area contributed by atoms with Crippen molar-refractivity contribution in [2.45, 2.75) is 19.4 Å². The first-order chi connectivity index (χ1) is 13.9. The first kappa shape index (κ1) is 18.6. The van der Waals surface area contributed by atoms with Gasteiger partial charge in [-0.15, -0.1) is 0 Å². The molecule has 1 aliphatic rings. The number of hydrogen-bond donors (Lipinski definition) is 2. The van der Waals surface area contributed by atoms with Crippen LogP contribution < -0.4 is 5.32 Å². The minimum atomic E-state index is -1.02. The van der Waals surface area contributed by atoms with Crippen molar-refractivity contribution in [3.63, 3.8) is 0 Å². The number of benzene rings is 1. The van der Waals surface area contributed by atoms with Crippen molar-refractivity contribution in [3.8, 4) is 11.3 Å². The van der Waals surface area contributed by atoms with E-state index in [0.717, 1.165) is 12.1 Å². The maximum atomic E-state index is 14.2. The Labute approximate surface area is 163 Å². The minimum absolute atomic E-state index is 0.0845. The summed E-state index contributed by atoms with van der Waals surface area (Å²) < 4.78 is 28.5. The molecule has 0 atom stereocenters. The fourth-order valence-electron chi connectivity index (χ4n) is 3.25. The third-order valence-electron chi connectivity index (χ3n) is 4.52. The molecule has 9 heteroatoms. The third kappa shape index (κ3) is 3.66. The maximum absolute atomic E-state index is 14.2. The molecule has 0 bridgehead atoms. The van der Waals surface area contributed by atoms with Crippen LogP contribution in [0.5, 0.6) is 0 Å². The van der Waals surface area contributed by atoms with Gasteiger partial charge in [0.15, 0.2) is 0 Å². The van der Waals surface area contributed by atoms with E-state index in [1.165, 1.54) is 18.2 Å². The monoisotopic (exact) mass is 396 g/mol. The Balaban J connectivity index is 1.76. The van der Waals surface area contributed by atoms with Crippen molar-refractivity contribution in [3.05, 3.63) is 76.2 Å². The van der Waals surface area contributed by atoms with Gasteiger partial charge in [-0.1, -0.05) is 6.07 Å². The summed E-state index contributed by atoms with van der Waals surface area (Å²) in [6.07, 6.45) is -0.0846.